The first-order valence-electron chi connectivity index (χ1n) is 11.6. The molecule has 1 amide bonds. The fourth-order valence-corrected chi connectivity index (χ4v) is 4.30. The Morgan fingerprint density at radius 2 is 1.83 bits per heavy atom. The van der Waals surface area contributed by atoms with E-state index in [0.29, 0.717) is 27.6 Å². The van der Waals surface area contributed by atoms with Crippen molar-refractivity contribution in [2.45, 2.75) is 26.7 Å². The van der Waals surface area contributed by atoms with Crippen LogP contribution in [-0.2, 0) is 23.9 Å². The lowest BCUT2D eigenvalue weighted by Gasteiger charge is -2.32. The first-order chi connectivity index (χ1) is 17.3. The van der Waals surface area contributed by atoms with Crippen LogP contribution in [0.25, 0.3) is 6.08 Å². The van der Waals surface area contributed by atoms with Crippen LogP contribution in [0.3, 0.4) is 0 Å². The predicted molar refractivity (Wildman–Crippen MR) is 140 cm³/mol. The Kier molecular flexibility index (Phi) is 9.59. The van der Waals surface area contributed by atoms with E-state index in [-0.39, 0.29) is 25.7 Å². The number of halogens is 1. The molecular weight excluding hydrogens is 480 g/mol. The number of hydrogen-bond acceptors (Lipinski definition) is 6. The summed E-state index contributed by atoms with van der Waals surface area (Å²) in [4.78, 5) is 42.6. The molecule has 0 fully saturated rings. The fraction of sp³-hybridized carbons (Fsp3) is 0.286. The molecule has 188 valence electrons. The minimum Gasteiger partial charge on any atom is -0.465 e. The van der Waals surface area contributed by atoms with E-state index in [1.54, 1.807) is 38.1 Å². The van der Waals surface area contributed by atoms with Gasteiger partial charge >= 0.3 is 11.9 Å². The van der Waals surface area contributed by atoms with Crippen molar-refractivity contribution in [3.63, 3.8) is 0 Å². The molecule has 3 rings (SSSR count). The summed E-state index contributed by atoms with van der Waals surface area (Å²) in [6, 6.07) is 16.7. The number of amides is 1. The van der Waals surface area contributed by atoms with Gasteiger partial charge in [0.15, 0.2) is 0 Å². The average Bonchev–Trinajstić information content (AvgIpc) is 2.85. The summed E-state index contributed by atoms with van der Waals surface area (Å²) < 4.78 is 10.5. The van der Waals surface area contributed by atoms with Gasteiger partial charge in [-0.1, -0.05) is 66.2 Å². The highest BCUT2D eigenvalue weighted by molar-refractivity contribution is 6.30. The standard InChI is InChI=1S/C28H29ClN2O5/c1-4-35-28(34)26-23(17-36-19(3)32)31-18(2)24(25(26)21-13-8-14-22(29)16-21)27(33)30-15-9-12-20-10-6-5-7-11-20/h5-14,16,25-26H,4,15,17H2,1-3H3,(H,30,33). The van der Waals surface area contributed by atoms with Crippen LogP contribution >= 0.6 is 11.6 Å². The Hall–Kier alpha value is -3.71. The highest BCUT2D eigenvalue weighted by Gasteiger charge is 2.43. The second kappa shape index (κ2) is 12.8. The van der Waals surface area contributed by atoms with Crippen molar-refractivity contribution in [1.82, 2.24) is 5.32 Å². The van der Waals surface area contributed by atoms with Gasteiger partial charge in [-0.05, 0) is 37.1 Å². The van der Waals surface area contributed by atoms with Gasteiger partial charge in [0.25, 0.3) is 0 Å². The molecule has 0 saturated carbocycles. The summed E-state index contributed by atoms with van der Waals surface area (Å²) in [5.74, 6) is -3.12. The van der Waals surface area contributed by atoms with E-state index in [2.05, 4.69) is 10.3 Å². The second-order valence-electron chi connectivity index (χ2n) is 8.17. The SMILES string of the molecule is CCOC(=O)C1C(COC(C)=O)=NC(C)=C(C(=O)NCC=Cc2ccccc2)C1c1cccc(Cl)c1. The quantitative estimate of drug-likeness (QED) is 0.494. The van der Waals surface area contributed by atoms with E-state index < -0.39 is 23.8 Å². The number of nitrogens with one attached hydrogen (secondary N) is 1. The van der Waals surface area contributed by atoms with E-state index in [9.17, 15) is 14.4 Å². The number of allylic oxidation sites excluding steroid dienone is 1. The Balaban J connectivity index is 1.99. The molecule has 0 saturated heterocycles. The molecule has 2 aromatic rings. The number of hydrogen-bond donors (Lipinski definition) is 1. The molecular formula is C28H29ClN2O5. The minimum atomic E-state index is -0.966. The van der Waals surface area contributed by atoms with Crippen LogP contribution in [0.15, 0.2) is 76.9 Å². The fourth-order valence-electron chi connectivity index (χ4n) is 4.10. The zero-order valence-electron chi connectivity index (χ0n) is 20.5. The van der Waals surface area contributed by atoms with E-state index in [1.807, 2.05) is 42.5 Å². The summed E-state index contributed by atoms with van der Waals surface area (Å²) in [7, 11) is 0. The van der Waals surface area contributed by atoms with Gasteiger partial charge in [-0.25, -0.2) is 0 Å². The van der Waals surface area contributed by atoms with Crippen molar-refractivity contribution >= 4 is 41.2 Å². The third-order valence-electron chi connectivity index (χ3n) is 5.61. The molecule has 0 aliphatic carbocycles. The molecule has 0 radical (unpaired) electrons. The third-order valence-corrected chi connectivity index (χ3v) is 5.85. The molecule has 1 N–H and O–H groups in total. The minimum absolute atomic E-state index is 0.146. The van der Waals surface area contributed by atoms with Crippen LogP contribution < -0.4 is 5.32 Å². The first-order valence-corrected chi connectivity index (χ1v) is 12.0. The normalized spacial score (nSPS) is 17.5. The molecule has 36 heavy (non-hydrogen) atoms. The number of carbonyl (C=O) groups is 3. The smallest absolute Gasteiger partial charge is 0.315 e. The van der Waals surface area contributed by atoms with Gasteiger partial charge in [-0.3, -0.25) is 19.4 Å². The van der Waals surface area contributed by atoms with Crippen LogP contribution in [0.2, 0.25) is 5.02 Å². The van der Waals surface area contributed by atoms with Crippen LogP contribution in [0.1, 0.15) is 37.8 Å². The molecule has 0 aromatic heterocycles. The van der Waals surface area contributed by atoms with Crippen molar-refractivity contribution in [1.29, 1.82) is 0 Å². The molecule has 1 heterocycles. The zero-order valence-corrected chi connectivity index (χ0v) is 21.2. The van der Waals surface area contributed by atoms with Gasteiger partial charge < -0.3 is 14.8 Å². The number of rotatable bonds is 9. The summed E-state index contributed by atoms with van der Waals surface area (Å²) >= 11 is 6.27. The van der Waals surface area contributed by atoms with E-state index in [1.165, 1.54) is 6.92 Å². The van der Waals surface area contributed by atoms with Gasteiger partial charge in [-0.2, -0.15) is 0 Å². The molecule has 1 aliphatic rings. The summed E-state index contributed by atoms with van der Waals surface area (Å²) in [5.41, 5.74) is 2.73. The number of aliphatic imine (C=N–C) groups is 1. The number of esters is 2. The van der Waals surface area contributed by atoms with Crippen LogP contribution in [0.5, 0.6) is 0 Å². The maximum atomic E-state index is 13.4. The molecule has 7 nitrogen and oxygen atoms in total. The Morgan fingerprint density at radius 3 is 2.50 bits per heavy atom. The van der Waals surface area contributed by atoms with Gasteiger partial charge in [0.2, 0.25) is 5.91 Å². The van der Waals surface area contributed by atoms with Gasteiger partial charge in [-0.15, -0.1) is 0 Å². The summed E-state index contributed by atoms with van der Waals surface area (Å²) in [6.45, 7) is 4.91. The van der Waals surface area contributed by atoms with Crippen LogP contribution in [0, 0.1) is 5.92 Å². The van der Waals surface area contributed by atoms with Crippen molar-refractivity contribution in [2.75, 3.05) is 19.8 Å². The monoisotopic (exact) mass is 508 g/mol. The topological polar surface area (TPSA) is 94.1 Å². The number of nitrogens with zero attached hydrogens (tertiary/aromatic N) is 1. The first kappa shape index (κ1) is 26.9. The van der Waals surface area contributed by atoms with Crippen molar-refractivity contribution in [2.24, 2.45) is 10.9 Å². The molecule has 8 heteroatoms. The van der Waals surface area contributed by atoms with E-state index in [4.69, 9.17) is 21.1 Å². The Bertz CT molecular complexity index is 1200. The maximum Gasteiger partial charge on any atom is 0.315 e. The molecule has 1 aliphatic heterocycles. The predicted octanol–water partition coefficient (Wildman–Crippen LogP) is 4.72. The average molecular weight is 509 g/mol. The molecule has 0 bridgehead atoms. The molecule has 2 aromatic carbocycles. The molecule has 2 unspecified atom stereocenters. The number of benzene rings is 2. The van der Waals surface area contributed by atoms with Crippen LogP contribution in [-0.4, -0.2) is 43.3 Å². The number of carbonyl (C=O) groups excluding carboxylic acids is 3. The Labute approximate surface area is 215 Å². The van der Waals surface area contributed by atoms with E-state index >= 15 is 0 Å². The van der Waals surface area contributed by atoms with Crippen molar-refractivity contribution in [3.05, 3.63) is 88.1 Å². The zero-order chi connectivity index (χ0) is 26.1. The summed E-state index contributed by atoms with van der Waals surface area (Å²) in [6.07, 6.45) is 3.76. The van der Waals surface area contributed by atoms with Crippen molar-refractivity contribution in [3.8, 4) is 0 Å². The second-order valence-corrected chi connectivity index (χ2v) is 8.60. The van der Waals surface area contributed by atoms with Gasteiger partial charge in [0.05, 0.1) is 12.3 Å². The lowest BCUT2D eigenvalue weighted by Crippen LogP contribution is -2.41. The lowest BCUT2D eigenvalue weighted by molar-refractivity contribution is -0.147. The summed E-state index contributed by atoms with van der Waals surface area (Å²) in [5, 5.41) is 3.36. The molecule has 0 spiro atoms. The highest BCUT2D eigenvalue weighted by atomic mass is 35.5. The largest absolute Gasteiger partial charge is 0.465 e. The van der Waals surface area contributed by atoms with Gasteiger partial charge in [0.1, 0.15) is 12.5 Å². The van der Waals surface area contributed by atoms with Crippen molar-refractivity contribution < 1.29 is 23.9 Å². The number of ether oxygens (including phenoxy) is 2. The Morgan fingerprint density at radius 1 is 1.08 bits per heavy atom. The lowest BCUT2D eigenvalue weighted by atomic mass is 9.75. The maximum absolute atomic E-state index is 13.4. The third kappa shape index (κ3) is 6.92. The highest BCUT2D eigenvalue weighted by Crippen LogP contribution is 2.40. The van der Waals surface area contributed by atoms with Crippen LogP contribution in [0.4, 0.5) is 0 Å². The van der Waals surface area contributed by atoms with E-state index in [0.717, 1.165) is 5.56 Å². The van der Waals surface area contributed by atoms with Gasteiger partial charge in [0, 0.05) is 35.7 Å². The molecule has 2 atom stereocenters.